The monoisotopic (exact) mass is 223 g/mol. The van der Waals surface area contributed by atoms with E-state index in [1.165, 1.54) is 0 Å². The van der Waals surface area contributed by atoms with Gasteiger partial charge in [-0.25, -0.2) is 4.98 Å². The number of pyridine rings is 1. The van der Waals surface area contributed by atoms with Crippen LogP contribution >= 0.6 is 0 Å². The van der Waals surface area contributed by atoms with Crippen molar-refractivity contribution in [2.24, 2.45) is 5.73 Å². The summed E-state index contributed by atoms with van der Waals surface area (Å²) in [6.07, 6.45) is 2.28. The lowest BCUT2D eigenvalue weighted by Gasteiger charge is -2.21. The molecule has 4 heteroatoms. The van der Waals surface area contributed by atoms with Crippen LogP contribution in [0.15, 0.2) is 12.3 Å². The third kappa shape index (κ3) is 3.47. The van der Waals surface area contributed by atoms with Crippen LogP contribution in [0.2, 0.25) is 0 Å². The van der Waals surface area contributed by atoms with Crippen LogP contribution in [-0.2, 0) is 6.54 Å². The second kappa shape index (κ2) is 5.82. The van der Waals surface area contributed by atoms with Crippen LogP contribution in [0.1, 0.15) is 24.5 Å². The number of nitrogens with zero attached hydrogens (tertiary/aromatic N) is 2. The molecule has 1 rings (SSSR count). The summed E-state index contributed by atoms with van der Waals surface area (Å²) >= 11 is 0. The first-order valence-corrected chi connectivity index (χ1v) is 5.59. The van der Waals surface area contributed by atoms with E-state index in [-0.39, 0.29) is 6.10 Å². The minimum atomic E-state index is -0.272. The van der Waals surface area contributed by atoms with Crippen LogP contribution in [0.25, 0.3) is 0 Å². The van der Waals surface area contributed by atoms with E-state index < -0.39 is 0 Å². The number of aliphatic hydroxyl groups is 1. The van der Waals surface area contributed by atoms with Gasteiger partial charge in [0, 0.05) is 26.3 Å². The Balaban J connectivity index is 2.71. The maximum Gasteiger partial charge on any atom is 0.131 e. The van der Waals surface area contributed by atoms with Gasteiger partial charge in [-0.1, -0.05) is 0 Å². The Bertz CT molecular complexity index is 339. The fourth-order valence-electron chi connectivity index (χ4n) is 1.62. The van der Waals surface area contributed by atoms with E-state index in [4.69, 9.17) is 5.73 Å². The van der Waals surface area contributed by atoms with Gasteiger partial charge in [0.2, 0.25) is 0 Å². The molecule has 16 heavy (non-hydrogen) atoms. The minimum absolute atomic E-state index is 0.272. The molecule has 1 aromatic rings. The molecule has 0 bridgehead atoms. The minimum Gasteiger partial charge on any atom is -0.393 e. The van der Waals surface area contributed by atoms with Crippen molar-refractivity contribution in [2.45, 2.75) is 32.9 Å². The van der Waals surface area contributed by atoms with Gasteiger partial charge in [-0.3, -0.25) is 0 Å². The quantitative estimate of drug-likeness (QED) is 0.783. The van der Waals surface area contributed by atoms with Gasteiger partial charge in [-0.05, 0) is 37.5 Å². The topological polar surface area (TPSA) is 62.4 Å². The van der Waals surface area contributed by atoms with E-state index in [0.29, 0.717) is 6.54 Å². The highest BCUT2D eigenvalue weighted by Crippen LogP contribution is 2.16. The Morgan fingerprint density at radius 2 is 2.25 bits per heavy atom. The summed E-state index contributed by atoms with van der Waals surface area (Å²) < 4.78 is 0. The summed E-state index contributed by atoms with van der Waals surface area (Å²) in [5, 5.41) is 9.24. The Labute approximate surface area is 97.1 Å². The molecule has 0 fully saturated rings. The average Bonchev–Trinajstić information content (AvgIpc) is 2.25. The van der Waals surface area contributed by atoms with Crippen LogP contribution < -0.4 is 10.6 Å². The molecular formula is C12H21N3O. The lowest BCUT2D eigenvalue weighted by Crippen LogP contribution is -2.23. The van der Waals surface area contributed by atoms with E-state index in [9.17, 15) is 5.11 Å². The van der Waals surface area contributed by atoms with Crippen LogP contribution in [0.3, 0.4) is 0 Å². The number of aryl methyl sites for hydroxylation is 1. The predicted octanol–water partition coefficient (Wildman–Crippen LogP) is 1.06. The summed E-state index contributed by atoms with van der Waals surface area (Å²) in [6, 6.07) is 2.06. The van der Waals surface area contributed by atoms with Crippen LogP contribution in [0.5, 0.6) is 0 Å². The number of hydrogen-bond donors (Lipinski definition) is 2. The van der Waals surface area contributed by atoms with Gasteiger partial charge >= 0.3 is 0 Å². The molecule has 1 heterocycles. The van der Waals surface area contributed by atoms with Gasteiger partial charge in [0.1, 0.15) is 5.82 Å². The van der Waals surface area contributed by atoms with Crippen molar-refractivity contribution >= 4 is 5.82 Å². The Hall–Kier alpha value is -1.13. The lowest BCUT2D eigenvalue weighted by atomic mass is 10.2. The SMILES string of the molecule is Cc1cc(CN)cnc1N(C)CCC(C)O. The molecular weight excluding hydrogens is 202 g/mol. The normalized spacial score (nSPS) is 12.6. The fourth-order valence-corrected chi connectivity index (χ4v) is 1.62. The molecule has 0 aliphatic rings. The molecule has 0 aromatic carbocycles. The second-order valence-electron chi connectivity index (χ2n) is 4.25. The van der Waals surface area contributed by atoms with E-state index in [1.807, 2.05) is 14.0 Å². The lowest BCUT2D eigenvalue weighted by molar-refractivity contribution is 0.187. The highest BCUT2D eigenvalue weighted by molar-refractivity contribution is 5.46. The molecule has 0 saturated carbocycles. The van der Waals surface area contributed by atoms with Crippen LogP contribution in [0.4, 0.5) is 5.82 Å². The molecule has 1 unspecified atom stereocenters. The Kier molecular flexibility index (Phi) is 4.71. The molecule has 0 saturated heterocycles. The molecule has 90 valence electrons. The van der Waals surface area contributed by atoms with E-state index >= 15 is 0 Å². The van der Waals surface area contributed by atoms with Gasteiger partial charge in [-0.15, -0.1) is 0 Å². The van der Waals surface area contributed by atoms with Gasteiger partial charge in [0.25, 0.3) is 0 Å². The third-order valence-corrected chi connectivity index (χ3v) is 2.59. The van der Waals surface area contributed by atoms with Gasteiger partial charge in [-0.2, -0.15) is 0 Å². The molecule has 3 N–H and O–H groups in total. The zero-order valence-electron chi connectivity index (χ0n) is 10.3. The Morgan fingerprint density at radius 1 is 1.56 bits per heavy atom. The molecule has 1 aromatic heterocycles. The number of rotatable bonds is 5. The molecule has 0 aliphatic carbocycles. The number of hydrogen-bond acceptors (Lipinski definition) is 4. The maximum absolute atomic E-state index is 9.24. The molecule has 0 aliphatic heterocycles. The van der Waals surface area contributed by atoms with Crippen molar-refractivity contribution in [1.82, 2.24) is 4.98 Å². The van der Waals surface area contributed by atoms with Gasteiger partial charge in [0.05, 0.1) is 6.10 Å². The third-order valence-electron chi connectivity index (χ3n) is 2.59. The van der Waals surface area contributed by atoms with E-state index in [0.717, 1.165) is 29.9 Å². The molecule has 4 nitrogen and oxygen atoms in total. The standard InChI is InChI=1S/C12H21N3O/c1-9-6-11(7-13)8-14-12(9)15(3)5-4-10(2)16/h6,8,10,16H,4-5,7,13H2,1-3H3. The van der Waals surface area contributed by atoms with Crippen molar-refractivity contribution in [3.05, 3.63) is 23.4 Å². The molecule has 0 radical (unpaired) electrons. The second-order valence-corrected chi connectivity index (χ2v) is 4.25. The van der Waals surface area contributed by atoms with Crippen molar-refractivity contribution in [3.63, 3.8) is 0 Å². The van der Waals surface area contributed by atoms with Crippen molar-refractivity contribution in [1.29, 1.82) is 0 Å². The van der Waals surface area contributed by atoms with Crippen molar-refractivity contribution < 1.29 is 5.11 Å². The van der Waals surface area contributed by atoms with Crippen molar-refractivity contribution in [3.8, 4) is 0 Å². The summed E-state index contributed by atoms with van der Waals surface area (Å²) in [6.45, 7) is 5.14. The van der Waals surface area contributed by atoms with Crippen LogP contribution in [0, 0.1) is 6.92 Å². The number of nitrogens with two attached hydrogens (primary N) is 1. The highest BCUT2D eigenvalue weighted by Gasteiger charge is 2.07. The number of anilines is 1. The van der Waals surface area contributed by atoms with Crippen molar-refractivity contribution in [2.75, 3.05) is 18.5 Å². The largest absolute Gasteiger partial charge is 0.393 e. The zero-order chi connectivity index (χ0) is 12.1. The van der Waals surface area contributed by atoms with Gasteiger partial charge < -0.3 is 15.7 Å². The molecule has 1 atom stereocenters. The Morgan fingerprint density at radius 3 is 2.75 bits per heavy atom. The van der Waals surface area contributed by atoms with E-state index in [2.05, 4.69) is 16.0 Å². The first kappa shape index (κ1) is 12.9. The summed E-state index contributed by atoms with van der Waals surface area (Å²) in [5.74, 6) is 0.956. The number of aromatic nitrogens is 1. The average molecular weight is 223 g/mol. The molecule has 0 spiro atoms. The molecule has 0 amide bonds. The van der Waals surface area contributed by atoms with Crippen LogP contribution in [-0.4, -0.2) is 29.8 Å². The maximum atomic E-state index is 9.24. The highest BCUT2D eigenvalue weighted by atomic mass is 16.3. The smallest absolute Gasteiger partial charge is 0.131 e. The zero-order valence-corrected chi connectivity index (χ0v) is 10.3. The van der Waals surface area contributed by atoms with Gasteiger partial charge in [0.15, 0.2) is 0 Å². The number of aliphatic hydroxyl groups excluding tert-OH is 1. The summed E-state index contributed by atoms with van der Waals surface area (Å²) in [4.78, 5) is 6.45. The summed E-state index contributed by atoms with van der Waals surface area (Å²) in [5.41, 5.74) is 7.72. The fraction of sp³-hybridized carbons (Fsp3) is 0.583. The first-order valence-electron chi connectivity index (χ1n) is 5.59. The first-order chi connectivity index (χ1) is 7.54. The van der Waals surface area contributed by atoms with E-state index in [1.54, 1.807) is 13.1 Å². The predicted molar refractivity (Wildman–Crippen MR) is 66.4 cm³/mol. The summed E-state index contributed by atoms with van der Waals surface area (Å²) in [7, 11) is 1.99.